The Morgan fingerprint density at radius 2 is 1.97 bits per heavy atom. The number of hydrogen-bond acceptors (Lipinski definition) is 6. The number of ether oxygens (including phenoxy) is 1. The van der Waals surface area contributed by atoms with E-state index in [9.17, 15) is 9.90 Å². The maximum Gasteiger partial charge on any atom is 0.338 e. The lowest BCUT2D eigenvalue weighted by Crippen LogP contribution is -2.35. The van der Waals surface area contributed by atoms with E-state index in [4.69, 9.17) is 16.3 Å². The Labute approximate surface area is 187 Å². The second-order valence-corrected chi connectivity index (χ2v) is 7.69. The van der Waals surface area contributed by atoms with Gasteiger partial charge in [-0.05, 0) is 48.4 Å². The van der Waals surface area contributed by atoms with E-state index in [1.807, 2.05) is 43.3 Å². The third kappa shape index (κ3) is 6.28. The zero-order valence-electron chi connectivity index (χ0n) is 17.5. The molecule has 2 atom stereocenters. The number of methoxy groups -OCH3 is 1. The largest absolute Gasteiger partial charge is 0.465 e. The Kier molecular flexibility index (Phi) is 8.00. The number of hydrogen-bond donors (Lipinski definition) is 3. The quantitative estimate of drug-likeness (QED) is 0.431. The number of benzene rings is 2. The highest BCUT2D eigenvalue weighted by atomic mass is 35.5. The molecule has 0 bridgehead atoms. The van der Waals surface area contributed by atoms with Crippen molar-refractivity contribution in [3.63, 3.8) is 0 Å². The molecule has 0 saturated carbocycles. The van der Waals surface area contributed by atoms with Crippen LogP contribution in [-0.2, 0) is 4.74 Å². The molecular formula is C24H26ClN3O3. The van der Waals surface area contributed by atoms with Crippen molar-refractivity contribution in [2.24, 2.45) is 0 Å². The first kappa shape index (κ1) is 22.7. The molecule has 0 aliphatic carbocycles. The zero-order chi connectivity index (χ0) is 22.2. The molecule has 31 heavy (non-hydrogen) atoms. The smallest absolute Gasteiger partial charge is 0.338 e. The number of rotatable bonds is 9. The van der Waals surface area contributed by atoms with Crippen LogP contribution in [0.4, 0.5) is 5.69 Å². The van der Waals surface area contributed by atoms with Crippen LogP contribution < -0.4 is 10.6 Å². The lowest BCUT2D eigenvalue weighted by atomic mass is 10.0. The van der Waals surface area contributed by atoms with Gasteiger partial charge in [0.1, 0.15) is 0 Å². The van der Waals surface area contributed by atoms with Gasteiger partial charge >= 0.3 is 5.97 Å². The lowest BCUT2D eigenvalue weighted by Gasteiger charge is -2.19. The van der Waals surface area contributed by atoms with Gasteiger partial charge in [-0.2, -0.15) is 0 Å². The summed E-state index contributed by atoms with van der Waals surface area (Å²) >= 11 is 5.99. The molecule has 7 heteroatoms. The minimum Gasteiger partial charge on any atom is -0.465 e. The Morgan fingerprint density at radius 1 is 1.16 bits per heavy atom. The third-order valence-corrected chi connectivity index (χ3v) is 5.14. The van der Waals surface area contributed by atoms with Gasteiger partial charge in [-0.15, -0.1) is 0 Å². The minimum atomic E-state index is -0.633. The first-order valence-electron chi connectivity index (χ1n) is 10.0. The van der Waals surface area contributed by atoms with Crippen LogP contribution in [0.5, 0.6) is 0 Å². The van der Waals surface area contributed by atoms with Crippen molar-refractivity contribution in [2.45, 2.75) is 19.1 Å². The van der Waals surface area contributed by atoms with Crippen molar-refractivity contribution in [1.82, 2.24) is 10.3 Å². The number of aliphatic hydroxyl groups excluding tert-OH is 1. The first-order valence-corrected chi connectivity index (χ1v) is 10.4. The minimum absolute atomic E-state index is 0.113. The fraction of sp³-hybridized carbons (Fsp3) is 0.250. The molecule has 1 aromatic heterocycles. The average molecular weight is 440 g/mol. The van der Waals surface area contributed by atoms with Gasteiger partial charge in [0.15, 0.2) is 0 Å². The molecule has 0 aliphatic heterocycles. The predicted octanol–water partition coefficient (Wildman–Crippen LogP) is 4.31. The number of nitrogens with zero attached hydrogens (tertiary/aromatic N) is 1. The summed E-state index contributed by atoms with van der Waals surface area (Å²) in [6.45, 7) is 3.11. The third-order valence-electron chi connectivity index (χ3n) is 4.91. The van der Waals surface area contributed by atoms with Gasteiger partial charge in [0.25, 0.3) is 0 Å². The number of carbonyl (C=O) groups excluding carboxylic acids is 1. The van der Waals surface area contributed by atoms with Gasteiger partial charge in [-0.3, -0.25) is 4.98 Å². The van der Waals surface area contributed by atoms with Gasteiger partial charge in [-0.25, -0.2) is 4.79 Å². The number of nitrogens with one attached hydrogen (secondary N) is 2. The van der Waals surface area contributed by atoms with E-state index >= 15 is 0 Å². The van der Waals surface area contributed by atoms with Gasteiger partial charge < -0.3 is 20.5 Å². The number of halogens is 1. The maximum absolute atomic E-state index is 12.1. The van der Waals surface area contributed by atoms with Crippen molar-refractivity contribution < 1.29 is 14.6 Å². The first-order chi connectivity index (χ1) is 15.0. The van der Waals surface area contributed by atoms with Gasteiger partial charge in [-0.1, -0.05) is 35.9 Å². The van der Waals surface area contributed by atoms with Crippen LogP contribution in [-0.4, -0.2) is 42.3 Å². The Balaban J connectivity index is 1.59. The number of pyridine rings is 1. The number of esters is 1. The average Bonchev–Trinajstić information content (AvgIpc) is 2.80. The molecule has 0 aliphatic rings. The summed E-state index contributed by atoms with van der Waals surface area (Å²) in [6, 6.07) is 16.8. The summed E-state index contributed by atoms with van der Waals surface area (Å²) in [4.78, 5) is 16.2. The zero-order valence-corrected chi connectivity index (χ0v) is 18.3. The molecule has 3 aromatic rings. The van der Waals surface area contributed by atoms with Crippen LogP contribution in [0.15, 0.2) is 67.0 Å². The molecule has 0 saturated heterocycles. The predicted molar refractivity (Wildman–Crippen MR) is 123 cm³/mol. The van der Waals surface area contributed by atoms with Crippen LogP contribution in [0.2, 0.25) is 5.02 Å². The van der Waals surface area contributed by atoms with Crippen LogP contribution in [0.1, 0.15) is 28.9 Å². The molecule has 3 rings (SSSR count). The SMILES string of the molecule is COC(=O)c1ccncc1-c1cccc(NCC(C)NCC(O)c2cccc(Cl)c2)c1. The molecule has 3 N–H and O–H groups in total. The van der Waals surface area contributed by atoms with E-state index in [1.54, 1.807) is 30.6 Å². The summed E-state index contributed by atoms with van der Waals surface area (Å²) in [5, 5.41) is 17.7. The van der Waals surface area contributed by atoms with Gasteiger partial charge in [0, 0.05) is 47.8 Å². The van der Waals surface area contributed by atoms with E-state index in [2.05, 4.69) is 15.6 Å². The molecule has 0 amide bonds. The summed E-state index contributed by atoms with van der Waals surface area (Å²) < 4.78 is 4.87. The number of anilines is 1. The molecule has 6 nitrogen and oxygen atoms in total. The van der Waals surface area contributed by atoms with E-state index in [0.717, 1.165) is 16.8 Å². The van der Waals surface area contributed by atoms with Gasteiger partial charge in [0.05, 0.1) is 18.8 Å². The summed E-state index contributed by atoms with van der Waals surface area (Å²) in [5.74, 6) is -0.396. The number of carbonyl (C=O) groups is 1. The molecule has 0 spiro atoms. The van der Waals surface area contributed by atoms with Gasteiger partial charge in [0.2, 0.25) is 0 Å². The second-order valence-electron chi connectivity index (χ2n) is 7.25. The van der Waals surface area contributed by atoms with E-state index in [-0.39, 0.29) is 6.04 Å². The Hall–Kier alpha value is -2.93. The number of aliphatic hydroxyl groups is 1. The van der Waals surface area contributed by atoms with Crippen molar-refractivity contribution >= 4 is 23.3 Å². The van der Waals surface area contributed by atoms with Crippen molar-refractivity contribution in [3.05, 3.63) is 83.1 Å². The molecule has 1 heterocycles. The van der Waals surface area contributed by atoms with Crippen molar-refractivity contribution in [3.8, 4) is 11.1 Å². The van der Waals surface area contributed by atoms with E-state index in [1.165, 1.54) is 7.11 Å². The second kappa shape index (κ2) is 10.9. The fourth-order valence-corrected chi connectivity index (χ4v) is 3.40. The summed E-state index contributed by atoms with van der Waals surface area (Å²) in [7, 11) is 1.36. The van der Waals surface area contributed by atoms with Crippen LogP contribution >= 0.6 is 11.6 Å². The number of aromatic nitrogens is 1. The highest BCUT2D eigenvalue weighted by Crippen LogP contribution is 2.26. The van der Waals surface area contributed by atoms with Crippen molar-refractivity contribution in [2.75, 3.05) is 25.5 Å². The molecule has 162 valence electrons. The van der Waals surface area contributed by atoms with Crippen LogP contribution in [0, 0.1) is 0 Å². The molecule has 2 unspecified atom stereocenters. The van der Waals surface area contributed by atoms with Crippen LogP contribution in [0.25, 0.3) is 11.1 Å². The van der Waals surface area contributed by atoms with Crippen LogP contribution in [0.3, 0.4) is 0 Å². The topological polar surface area (TPSA) is 83.5 Å². The molecule has 2 aromatic carbocycles. The normalized spacial score (nSPS) is 12.8. The fourth-order valence-electron chi connectivity index (χ4n) is 3.20. The Bertz CT molecular complexity index is 1030. The maximum atomic E-state index is 12.1. The Morgan fingerprint density at radius 3 is 2.74 bits per heavy atom. The van der Waals surface area contributed by atoms with E-state index < -0.39 is 12.1 Å². The summed E-state index contributed by atoms with van der Waals surface area (Å²) in [6.07, 6.45) is 2.60. The van der Waals surface area contributed by atoms with E-state index in [0.29, 0.717) is 29.2 Å². The van der Waals surface area contributed by atoms with Crippen molar-refractivity contribution in [1.29, 1.82) is 0 Å². The summed E-state index contributed by atoms with van der Waals surface area (Å²) in [5.41, 5.74) is 3.76. The monoisotopic (exact) mass is 439 g/mol. The molecule has 0 fully saturated rings. The molecular weight excluding hydrogens is 414 g/mol. The lowest BCUT2D eigenvalue weighted by molar-refractivity contribution is 0.0601. The standard InChI is InChI=1S/C24H26ClN3O3/c1-16(27-15-23(29)18-6-3-7-19(25)11-18)13-28-20-8-4-5-17(12-20)22-14-26-10-9-21(22)24(30)31-2/h3-12,14,16,23,27-29H,13,15H2,1-2H3. The highest BCUT2D eigenvalue weighted by Gasteiger charge is 2.14. The molecule has 0 radical (unpaired) electrons. The highest BCUT2D eigenvalue weighted by molar-refractivity contribution is 6.30.